The van der Waals surface area contributed by atoms with Gasteiger partial charge < -0.3 is 10.2 Å². The summed E-state index contributed by atoms with van der Waals surface area (Å²) >= 11 is 0. The van der Waals surface area contributed by atoms with E-state index < -0.39 is 10.0 Å². The van der Waals surface area contributed by atoms with Gasteiger partial charge in [-0.15, -0.1) is 0 Å². The SMILES string of the molecule is CN(C)c1ccc(-c2ccnc(NCCN(C)S(C)(=O)=O)n2)cc1. The molecule has 8 heteroatoms. The van der Waals surface area contributed by atoms with Crippen LogP contribution in [0.2, 0.25) is 0 Å². The van der Waals surface area contributed by atoms with Gasteiger partial charge in [0.25, 0.3) is 0 Å². The predicted octanol–water partition coefficient (Wildman–Crippen LogP) is 1.51. The molecule has 24 heavy (non-hydrogen) atoms. The summed E-state index contributed by atoms with van der Waals surface area (Å²) < 4.78 is 24.0. The second kappa shape index (κ2) is 7.59. The van der Waals surface area contributed by atoms with E-state index in [0.29, 0.717) is 19.0 Å². The first-order valence-electron chi connectivity index (χ1n) is 7.53. The van der Waals surface area contributed by atoms with Gasteiger partial charge in [-0.3, -0.25) is 0 Å². The van der Waals surface area contributed by atoms with Gasteiger partial charge in [0.1, 0.15) is 0 Å². The lowest BCUT2D eigenvalue weighted by atomic mass is 10.1. The molecule has 1 N–H and O–H groups in total. The molecule has 0 aliphatic carbocycles. The molecule has 0 atom stereocenters. The molecule has 0 fully saturated rings. The van der Waals surface area contributed by atoms with Gasteiger partial charge >= 0.3 is 0 Å². The Hall–Kier alpha value is -2.19. The van der Waals surface area contributed by atoms with Crippen molar-refractivity contribution in [3.63, 3.8) is 0 Å². The summed E-state index contributed by atoms with van der Waals surface area (Å²) in [5.41, 5.74) is 2.93. The highest BCUT2D eigenvalue weighted by atomic mass is 32.2. The fourth-order valence-electron chi connectivity index (χ4n) is 2.03. The normalized spacial score (nSPS) is 11.5. The van der Waals surface area contributed by atoms with Crippen LogP contribution in [0.25, 0.3) is 11.3 Å². The number of aromatic nitrogens is 2. The van der Waals surface area contributed by atoms with Crippen molar-refractivity contribution in [1.29, 1.82) is 0 Å². The molecule has 0 amide bonds. The van der Waals surface area contributed by atoms with E-state index >= 15 is 0 Å². The van der Waals surface area contributed by atoms with Crippen LogP contribution in [0.15, 0.2) is 36.5 Å². The van der Waals surface area contributed by atoms with Crippen molar-refractivity contribution in [3.05, 3.63) is 36.5 Å². The first-order valence-corrected chi connectivity index (χ1v) is 9.38. The molecule has 1 aromatic carbocycles. The van der Waals surface area contributed by atoms with Crippen molar-refractivity contribution in [2.75, 3.05) is 50.7 Å². The van der Waals surface area contributed by atoms with Crippen LogP contribution in [0.5, 0.6) is 0 Å². The average Bonchev–Trinajstić information content (AvgIpc) is 2.54. The summed E-state index contributed by atoms with van der Waals surface area (Å²) in [5, 5.41) is 3.05. The maximum absolute atomic E-state index is 11.4. The Morgan fingerprint density at radius 2 is 1.75 bits per heavy atom. The zero-order chi connectivity index (χ0) is 17.7. The molecular formula is C16H23N5O2S. The van der Waals surface area contributed by atoms with E-state index in [1.807, 2.05) is 49.3 Å². The Labute approximate surface area is 143 Å². The van der Waals surface area contributed by atoms with E-state index in [-0.39, 0.29) is 0 Å². The van der Waals surface area contributed by atoms with Crippen molar-refractivity contribution in [2.45, 2.75) is 0 Å². The van der Waals surface area contributed by atoms with Crippen LogP contribution in [0, 0.1) is 0 Å². The van der Waals surface area contributed by atoms with E-state index in [4.69, 9.17) is 0 Å². The summed E-state index contributed by atoms with van der Waals surface area (Å²) in [6.07, 6.45) is 2.87. The number of benzene rings is 1. The molecule has 0 saturated carbocycles. The fourth-order valence-corrected chi connectivity index (χ4v) is 2.45. The van der Waals surface area contributed by atoms with Gasteiger partial charge in [0.2, 0.25) is 16.0 Å². The molecule has 0 bridgehead atoms. The number of hydrogen-bond donors (Lipinski definition) is 1. The Balaban J connectivity index is 2.03. The third-order valence-corrected chi connectivity index (χ3v) is 4.93. The smallest absolute Gasteiger partial charge is 0.223 e. The quantitative estimate of drug-likeness (QED) is 0.816. The lowest BCUT2D eigenvalue weighted by Gasteiger charge is -2.14. The average molecular weight is 349 g/mol. The lowest BCUT2D eigenvalue weighted by Crippen LogP contribution is -2.30. The summed E-state index contributed by atoms with van der Waals surface area (Å²) in [6, 6.07) is 9.94. The first kappa shape index (κ1) is 18.2. The third kappa shape index (κ3) is 4.90. The first-order chi connectivity index (χ1) is 11.3. The van der Waals surface area contributed by atoms with E-state index in [1.54, 1.807) is 13.2 Å². The van der Waals surface area contributed by atoms with Gasteiger partial charge in [-0.25, -0.2) is 22.7 Å². The van der Waals surface area contributed by atoms with Crippen molar-refractivity contribution in [3.8, 4) is 11.3 Å². The van der Waals surface area contributed by atoms with Gasteiger partial charge in [-0.1, -0.05) is 12.1 Å². The molecule has 0 radical (unpaired) electrons. The van der Waals surface area contributed by atoms with Gasteiger partial charge in [0.05, 0.1) is 11.9 Å². The molecule has 1 aromatic heterocycles. The van der Waals surface area contributed by atoms with Crippen LogP contribution < -0.4 is 10.2 Å². The second-order valence-electron chi connectivity index (χ2n) is 5.72. The molecule has 2 rings (SSSR count). The largest absolute Gasteiger partial charge is 0.378 e. The maximum Gasteiger partial charge on any atom is 0.223 e. The highest BCUT2D eigenvalue weighted by Gasteiger charge is 2.10. The number of likely N-dealkylation sites (N-methyl/N-ethyl adjacent to an activating group) is 1. The number of anilines is 2. The fraction of sp³-hybridized carbons (Fsp3) is 0.375. The van der Waals surface area contributed by atoms with Crippen LogP contribution in [-0.4, -0.2) is 63.2 Å². The van der Waals surface area contributed by atoms with Gasteiger partial charge in [0.15, 0.2) is 0 Å². The standard InChI is InChI=1S/C16H23N5O2S/c1-20(2)14-7-5-13(6-8-14)15-9-10-17-16(19-15)18-11-12-21(3)24(4,22)23/h5-10H,11-12H2,1-4H3,(H,17,18,19). The zero-order valence-corrected chi connectivity index (χ0v) is 15.2. The monoisotopic (exact) mass is 349 g/mol. The van der Waals surface area contributed by atoms with Crippen molar-refractivity contribution < 1.29 is 8.42 Å². The Bertz CT molecular complexity index is 775. The Morgan fingerprint density at radius 3 is 2.33 bits per heavy atom. The number of nitrogens with one attached hydrogen (secondary N) is 1. The van der Waals surface area contributed by atoms with Crippen molar-refractivity contribution in [1.82, 2.24) is 14.3 Å². The Morgan fingerprint density at radius 1 is 1.08 bits per heavy atom. The summed E-state index contributed by atoms with van der Waals surface area (Å²) in [5.74, 6) is 0.478. The minimum Gasteiger partial charge on any atom is -0.378 e. The van der Waals surface area contributed by atoms with Gasteiger partial charge in [0, 0.05) is 51.7 Å². The molecule has 1 heterocycles. The predicted molar refractivity (Wildman–Crippen MR) is 97.8 cm³/mol. The van der Waals surface area contributed by atoms with Crippen LogP contribution in [0.3, 0.4) is 0 Å². The van der Waals surface area contributed by atoms with Crippen LogP contribution in [0.4, 0.5) is 11.6 Å². The lowest BCUT2D eigenvalue weighted by molar-refractivity contribution is 0.486. The summed E-state index contributed by atoms with van der Waals surface area (Å²) in [6.45, 7) is 0.788. The van der Waals surface area contributed by atoms with Gasteiger partial charge in [-0.2, -0.15) is 0 Å². The third-order valence-electron chi connectivity index (χ3n) is 3.61. The van der Waals surface area contributed by atoms with Crippen molar-refractivity contribution >= 4 is 21.7 Å². The number of rotatable bonds is 7. The number of sulfonamides is 1. The minimum atomic E-state index is -3.17. The number of nitrogens with zero attached hydrogens (tertiary/aromatic N) is 4. The molecule has 2 aromatic rings. The summed E-state index contributed by atoms with van der Waals surface area (Å²) in [4.78, 5) is 10.7. The Kier molecular flexibility index (Phi) is 5.74. The summed E-state index contributed by atoms with van der Waals surface area (Å²) in [7, 11) is 2.36. The van der Waals surface area contributed by atoms with E-state index in [0.717, 1.165) is 16.9 Å². The van der Waals surface area contributed by atoms with Crippen LogP contribution in [0.1, 0.15) is 0 Å². The minimum absolute atomic E-state index is 0.351. The highest BCUT2D eigenvalue weighted by Crippen LogP contribution is 2.21. The molecule has 0 aliphatic rings. The van der Waals surface area contributed by atoms with E-state index in [9.17, 15) is 8.42 Å². The molecular weight excluding hydrogens is 326 g/mol. The molecule has 0 saturated heterocycles. The van der Waals surface area contributed by atoms with E-state index in [2.05, 4.69) is 15.3 Å². The van der Waals surface area contributed by atoms with Crippen LogP contribution in [-0.2, 0) is 10.0 Å². The van der Waals surface area contributed by atoms with Gasteiger partial charge in [-0.05, 0) is 18.2 Å². The molecule has 0 aliphatic heterocycles. The van der Waals surface area contributed by atoms with Crippen molar-refractivity contribution in [2.24, 2.45) is 0 Å². The van der Waals surface area contributed by atoms with E-state index in [1.165, 1.54) is 10.6 Å². The maximum atomic E-state index is 11.4. The number of hydrogen-bond acceptors (Lipinski definition) is 6. The molecule has 0 spiro atoms. The highest BCUT2D eigenvalue weighted by molar-refractivity contribution is 7.88. The topological polar surface area (TPSA) is 78.4 Å². The second-order valence-corrected chi connectivity index (χ2v) is 7.81. The molecule has 0 unspecified atom stereocenters. The van der Waals surface area contributed by atoms with Crippen LogP contribution >= 0.6 is 0 Å². The molecule has 130 valence electrons. The zero-order valence-electron chi connectivity index (χ0n) is 14.4. The molecule has 7 nitrogen and oxygen atoms in total.